The average molecular weight is 448 g/mol. The van der Waals surface area contributed by atoms with Crippen LogP contribution in [0.4, 0.5) is 8.78 Å². The van der Waals surface area contributed by atoms with Gasteiger partial charge in [0.05, 0.1) is 38.8 Å². The van der Waals surface area contributed by atoms with Crippen LogP contribution in [-0.2, 0) is 22.7 Å². The summed E-state index contributed by atoms with van der Waals surface area (Å²) in [5.74, 6) is -1.26. The second kappa shape index (κ2) is 10.3. The maximum absolute atomic E-state index is 14.3. The first-order valence-electron chi connectivity index (χ1n) is 9.51. The van der Waals surface area contributed by atoms with Crippen molar-refractivity contribution in [2.24, 2.45) is 0 Å². The quantitative estimate of drug-likeness (QED) is 0.653. The molecule has 0 bridgehead atoms. The minimum atomic E-state index is -0.778. The highest BCUT2D eigenvalue weighted by Crippen LogP contribution is 2.28. The lowest BCUT2D eigenvalue weighted by Gasteiger charge is -2.29. The Hall–Kier alpha value is -3.07. The molecular weight excluding hydrogens is 426 g/mol. The molecule has 1 aromatic heterocycles. The molecule has 6 nitrogen and oxygen atoms in total. The number of hydrogen-bond acceptors (Lipinski definition) is 5. The number of carbonyl (C=O) groups is 2. The fourth-order valence-corrected chi connectivity index (χ4v) is 3.92. The Morgan fingerprint density at radius 1 is 1.35 bits per heavy atom. The summed E-state index contributed by atoms with van der Waals surface area (Å²) in [5, 5.41) is 2.76. The van der Waals surface area contributed by atoms with Crippen LogP contribution >= 0.6 is 11.8 Å². The van der Waals surface area contributed by atoms with Crippen molar-refractivity contribution < 1.29 is 27.5 Å². The molecule has 9 heteroatoms. The summed E-state index contributed by atoms with van der Waals surface area (Å²) in [4.78, 5) is 26.9. The molecule has 164 valence electrons. The highest BCUT2D eigenvalue weighted by molar-refractivity contribution is 8.03. The second-order valence-corrected chi connectivity index (χ2v) is 7.83. The van der Waals surface area contributed by atoms with Gasteiger partial charge in [-0.3, -0.25) is 9.59 Å². The molecule has 0 unspecified atom stereocenters. The Balaban J connectivity index is 1.70. The summed E-state index contributed by atoms with van der Waals surface area (Å²) in [6.07, 6.45) is 4.87. The zero-order valence-corrected chi connectivity index (χ0v) is 17.9. The van der Waals surface area contributed by atoms with Gasteiger partial charge in [0.1, 0.15) is 23.1 Å². The molecule has 0 aliphatic carbocycles. The van der Waals surface area contributed by atoms with Crippen molar-refractivity contribution in [3.05, 3.63) is 76.1 Å². The van der Waals surface area contributed by atoms with Gasteiger partial charge in [0.25, 0.3) is 5.91 Å². The highest BCUT2D eigenvalue weighted by atomic mass is 32.2. The van der Waals surface area contributed by atoms with E-state index in [9.17, 15) is 18.4 Å². The van der Waals surface area contributed by atoms with Gasteiger partial charge < -0.3 is 19.4 Å². The van der Waals surface area contributed by atoms with Crippen molar-refractivity contribution in [1.82, 2.24) is 10.2 Å². The van der Waals surface area contributed by atoms with E-state index in [0.717, 1.165) is 17.0 Å². The van der Waals surface area contributed by atoms with Crippen LogP contribution in [0, 0.1) is 11.6 Å². The lowest BCUT2D eigenvalue weighted by molar-refractivity contribution is -0.128. The van der Waals surface area contributed by atoms with Crippen molar-refractivity contribution in [2.75, 3.05) is 19.4 Å². The molecule has 0 radical (unpaired) electrons. The fraction of sp³-hybridized carbons (Fsp3) is 0.273. The van der Waals surface area contributed by atoms with Crippen LogP contribution in [0.15, 0.2) is 57.6 Å². The molecule has 1 aliphatic heterocycles. The minimum Gasteiger partial charge on any atom is -0.497 e. The molecule has 2 amide bonds. The van der Waals surface area contributed by atoms with Gasteiger partial charge in [-0.2, -0.15) is 0 Å². The summed E-state index contributed by atoms with van der Waals surface area (Å²) in [6, 6.07) is 5.66. The molecule has 1 fully saturated rings. The van der Waals surface area contributed by atoms with Crippen LogP contribution in [-0.4, -0.2) is 36.1 Å². The van der Waals surface area contributed by atoms with E-state index < -0.39 is 11.6 Å². The third-order valence-corrected chi connectivity index (χ3v) is 5.68. The maximum atomic E-state index is 14.3. The van der Waals surface area contributed by atoms with Gasteiger partial charge in [-0.05, 0) is 25.1 Å². The zero-order valence-electron chi connectivity index (χ0n) is 17.1. The molecule has 31 heavy (non-hydrogen) atoms. The van der Waals surface area contributed by atoms with Crippen LogP contribution in [0.2, 0.25) is 0 Å². The smallest absolute Gasteiger partial charge is 0.251 e. The monoisotopic (exact) mass is 448 g/mol. The predicted molar refractivity (Wildman–Crippen MR) is 113 cm³/mol. The van der Waals surface area contributed by atoms with Gasteiger partial charge in [-0.1, -0.05) is 6.08 Å². The Labute approximate surface area is 182 Å². The van der Waals surface area contributed by atoms with Gasteiger partial charge in [-0.25, -0.2) is 8.78 Å². The zero-order chi connectivity index (χ0) is 22.4. The van der Waals surface area contributed by atoms with Gasteiger partial charge >= 0.3 is 0 Å². The van der Waals surface area contributed by atoms with Crippen LogP contribution in [0.25, 0.3) is 0 Å². The summed E-state index contributed by atoms with van der Waals surface area (Å²) >= 11 is 1.30. The van der Waals surface area contributed by atoms with Crippen molar-refractivity contribution >= 4 is 23.6 Å². The van der Waals surface area contributed by atoms with Crippen LogP contribution in [0.1, 0.15) is 18.2 Å². The summed E-state index contributed by atoms with van der Waals surface area (Å²) in [7, 11) is 1.32. The molecular formula is C22H22F2N2O4S. The molecule has 1 N–H and O–H groups in total. The van der Waals surface area contributed by atoms with Gasteiger partial charge in [0, 0.05) is 28.2 Å². The van der Waals surface area contributed by atoms with E-state index >= 15 is 0 Å². The van der Waals surface area contributed by atoms with E-state index in [4.69, 9.17) is 9.15 Å². The molecule has 2 aromatic rings. The minimum absolute atomic E-state index is 0.0677. The maximum Gasteiger partial charge on any atom is 0.251 e. The van der Waals surface area contributed by atoms with Crippen molar-refractivity contribution in [3.8, 4) is 5.75 Å². The van der Waals surface area contributed by atoms with Crippen LogP contribution < -0.4 is 10.1 Å². The number of allylic oxidation sites excluding steroid dienone is 1. The van der Waals surface area contributed by atoms with Crippen molar-refractivity contribution in [3.63, 3.8) is 0 Å². The number of hydrogen-bond donors (Lipinski definition) is 1. The third-order valence-electron chi connectivity index (χ3n) is 4.67. The van der Waals surface area contributed by atoms with Gasteiger partial charge in [0.2, 0.25) is 5.91 Å². The number of rotatable bonds is 7. The summed E-state index contributed by atoms with van der Waals surface area (Å²) < 4.78 is 38.7. The SMILES string of the molecule is C/C=C(\C=C1/CN(Cc2c(F)cc(OC)cc2F)C(=O)CS1)C(=O)NCc1ccco1. The number of methoxy groups -OCH3 is 1. The van der Waals surface area contributed by atoms with Gasteiger partial charge in [-0.15, -0.1) is 11.8 Å². The number of nitrogens with zero attached hydrogens (tertiary/aromatic N) is 1. The number of furan rings is 1. The first-order chi connectivity index (χ1) is 14.9. The first kappa shape index (κ1) is 22.6. The number of benzene rings is 1. The molecule has 0 atom stereocenters. The van der Waals surface area contributed by atoms with E-state index in [1.807, 2.05) is 0 Å². The van der Waals surface area contributed by atoms with Crippen LogP contribution in [0.3, 0.4) is 0 Å². The molecule has 1 aliphatic rings. The number of carbonyl (C=O) groups excluding carboxylic acids is 2. The fourth-order valence-electron chi connectivity index (χ4n) is 2.97. The topological polar surface area (TPSA) is 71.8 Å². The van der Waals surface area contributed by atoms with E-state index in [2.05, 4.69) is 5.32 Å². The average Bonchev–Trinajstić information content (AvgIpc) is 3.28. The largest absolute Gasteiger partial charge is 0.497 e. The first-order valence-corrected chi connectivity index (χ1v) is 10.5. The number of amides is 2. The van der Waals surface area contributed by atoms with Crippen molar-refractivity contribution in [2.45, 2.75) is 20.0 Å². The third kappa shape index (κ3) is 5.75. The second-order valence-electron chi connectivity index (χ2n) is 6.72. The number of nitrogens with one attached hydrogen (secondary N) is 1. The van der Waals surface area contributed by atoms with Gasteiger partial charge in [0.15, 0.2) is 0 Å². The number of halogens is 2. The van der Waals surface area contributed by atoms with E-state index in [0.29, 0.717) is 11.3 Å². The Kier molecular flexibility index (Phi) is 7.51. The van der Waals surface area contributed by atoms with E-state index in [1.165, 1.54) is 30.0 Å². The van der Waals surface area contributed by atoms with E-state index in [1.54, 1.807) is 31.2 Å². The standard InChI is InChI=1S/C22H22F2N2O4S/c1-3-14(22(28)25-10-15-5-4-6-30-15)7-17-11-26(21(27)13-31-17)12-18-19(23)8-16(29-2)9-20(18)24/h3-9H,10-13H2,1-2H3,(H,25,28)/b14-3+,17-7+. The number of thioether (sulfide) groups is 1. The highest BCUT2D eigenvalue weighted by Gasteiger charge is 2.25. The molecule has 1 saturated heterocycles. The van der Waals surface area contributed by atoms with Crippen molar-refractivity contribution in [1.29, 1.82) is 0 Å². The Bertz CT molecular complexity index is 996. The summed E-state index contributed by atoms with van der Waals surface area (Å²) in [6.45, 7) is 1.92. The number of ether oxygens (including phenoxy) is 1. The molecule has 1 aromatic carbocycles. The Morgan fingerprint density at radius 2 is 2.10 bits per heavy atom. The molecule has 0 spiro atoms. The molecule has 3 rings (SSSR count). The lowest BCUT2D eigenvalue weighted by atomic mass is 10.1. The van der Waals surface area contributed by atoms with Crippen LogP contribution in [0.5, 0.6) is 5.75 Å². The summed E-state index contributed by atoms with van der Waals surface area (Å²) in [5.41, 5.74) is 0.216. The normalized spacial score (nSPS) is 16.0. The molecule has 2 heterocycles. The van der Waals surface area contributed by atoms with E-state index in [-0.39, 0.29) is 48.5 Å². The Morgan fingerprint density at radius 3 is 2.71 bits per heavy atom. The predicted octanol–water partition coefficient (Wildman–Crippen LogP) is 3.79. The lowest BCUT2D eigenvalue weighted by Crippen LogP contribution is -2.37. The molecule has 0 saturated carbocycles.